The van der Waals surface area contributed by atoms with Crippen molar-refractivity contribution in [2.75, 3.05) is 0 Å². The van der Waals surface area contributed by atoms with Gasteiger partial charge in [-0.25, -0.2) is 0 Å². The molecule has 2 rings (SSSR count). The van der Waals surface area contributed by atoms with Crippen molar-refractivity contribution in [3.8, 4) is 0 Å². The Labute approximate surface area is 356 Å². The number of nitrogens with zero attached hydrogens (tertiary/aromatic N) is 2. The van der Waals surface area contributed by atoms with Gasteiger partial charge in [-0.3, -0.25) is 9.98 Å². The summed E-state index contributed by atoms with van der Waals surface area (Å²) in [6, 6.07) is 9.79. The van der Waals surface area contributed by atoms with Crippen molar-refractivity contribution in [1.29, 1.82) is 0 Å². The van der Waals surface area contributed by atoms with E-state index in [1.54, 1.807) is 33.4 Å². The minimum absolute atomic E-state index is 0.895. The summed E-state index contributed by atoms with van der Waals surface area (Å²) in [6.45, 7) is 22.8. The summed E-state index contributed by atoms with van der Waals surface area (Å²) in [5, 5.41) is 2.56. The Kier molecular flexibility index (Phi) is 32.9. The van der Waals surface area contributed by atoms with Crippen LogP contribution >= 0.6 is 0 Å². The van der Waals surface area contributed by atoms with Gasteiger partial charge in [0.25, 0.3) is 0 Å². The molecule has 0 aliphatic rings. The van der Waals surface area contributed by atoms with Crippen LogP contribution < -0.4 is 0 Å². The molecule has 0 saturated carbocycles. The zero-order valence-electron chi connectivity index (χ0n) is 39.0. The first-order valence-corrected chi connectivity index (χ1v) is 25.6. The third kappa shape index (κ3) is 22.4. The molecule has 0 bridgehead atoms. The summed E-state index contributed by atoms with van der Waals surface area (Å²) in [6.07, 6.45) is 34.2. The van der Waals surface area contributed by atoms with E-state index >= 15 is 0 Å². The first-order chi connectivity index (χ1) is 27.4. The average Bonchev–Trinajstić information content (AvgIpc) is 3.20. The van der Waals surface area contributed by atoms with E-state index < -0.39 is 0 Å². The topological polar surface area (TPSA) is 24.7 Å². The first kappa shape index (κ1) is 52.3. The molecular weight excluding hydrogens is 723 g/mol. The molecule has 0 heterocycles. The number of unbranched alkanes of at least 4 members (excludes halogenated alkanes) is 14. The summed E-state index contributed by atoms with van der Waals surface area (Å²) in [5.74, 6) is 0. The van der Waals surface area contributed by atoms with Gasteiger partial charge in [0.15, 0.2) is 0 Å². The van der Waals surface area contributed by atoms with Crippen molar-refractivity contribution in [3.63, 3.8) is 0 Å². The quantitative estimate of drug-likeness (QED) is 0.0399. The average molecular weight is 816 g/mol. The molecule has 2 nitrogen and oxygen atoms in total. The number of hydrogen-bond donors (Lipinski definition) is 0. The van der Waals surface area contributed by atoms with Crippen LogP contribution in [0.15, 0.2) is 34.3 Å². The van der Waals surface area contributed by atoms with E-state index in [0.717, 1.165) is 29.2 Å². The molecule has 0 fully saturated rings. The van der Waals surface area contributed by atoms with E-state index in [1.165, 1.54) is 178 Å². The van der Waals surface area contributed by atoms with E-state index in [2.05, 4.69) is 93.5 Å². The van der Waals surface area contributed by atoms with Crippen molar-refractivity contribution in [3.05, 3.63) is 57.6 Å². The fraction of sp³-hybridized carbons (Fsp3) is 0.736. The van der Waals surface area contributed by atoms with Gasteiger partial charge in [-0.2, -0.15) is 0 Å². The molecule has 56 heavy (non-hydrogen) atoms. The van der Waals surface area contributed by atoms with Gasteiger partial charge in [0.1, 0.15) is 0 Å². The van der Waals surface area contributed by atoms with Gasteiger partial charge < -0.3 is 0 Å². The molecular formula is C53H92N2Ni. The molecule has 0 spiro atoms. The van der Waals surface area contributed by atoms with Crippen LogP contribution in [0.2, 0.25) is 10.8 Å². The first-order valence-electron chi connectivity index (χ1n) is 24.2. The van der Waals surface area contributed by atoms with Crippen molar-refractivity contribution < 1.29 is 14.4 Å². The minimum atomic E-state index is 0.895. The van der Waals surface area contributed by atoms with Gasteiger partial charge in [0.2, 0.25) is 0 Å². The van der Waals surface area contributed by atoms with Crippen LogP contribution in [-0.2, 0) is 53.0 Å². The molecule has 0 aliphatic carbocycles. The normalized spacial score (nSPS) is 12.0. The second-order valence-corrected chi connectivity index (χ2v) is 18.0. The van der Waals surface area contributed by atoms with Gasteiger partial charge in [-0.1, -0.05) is 138 Å². The Bertz CT molecular complexity index is 1320. The van der Waals surface area contributed by atoms with Crippen LogP contribution in [0, 0.1) is 0 Å². The molecule has 2 aromatic carbocycles. The van der Waals surface area contributed by atoms with Crippen molar-refractivity contribution in [2.24, 2.45) is 9.98 Å². The Hall–Kier alpha value is -1.73. The molecule has 0 amide bonds. The van der Waals surface area contributed by atoms with E-state index in [1.807, 2.05) is 14.4 Å². The van der Waals surface area contributed by atoms with Gasteiger partial charge in [0, 0.05) is 0 Å². The Morgan fingerprint density at radius 2 is 0.714 bits per heavy atom. The summed E-state index contributed by atoms with van der Waals surface area (Å²) in [5.41, 5.74) is 14.0. The maximum atomic E-state index is 5.42. The summed E-state index contributed by atoms with van der Waals surface area (Å²) in [4.78, 5) is 10.8. The van der Waals surface area contributed by atoms with E-state index in [9.17, 15) is 0 Å². The van der Waals surface area contributed by atoms with Gasteiger partial charge >= 0.3 is 39.1 Å². The number of hydrogen-bond acceptors (Lipinski definition) is 2. The van der Waals surface area contributed by atoms with Crippen LogP contribution in [0.5, 0.6) is 0 Å². The third-order valence-corrected chi connectivity index (χ3v) is 12.2. The molecule has 0 aromatic heterocycles. The molecule has 0 radical (unpaired) electrons. The third-order valence-electron chi connectivity index (χ3n) is 11.2. The van der Waals surface area contributed by atoms with Crippen molar-refractivity contribution >= 4 is 22.8 Å². The second kappa shape index (κ2) is 35.2. The van der Waals surface area contributed by atoms with Gasteiger partial charge in [-0.15, -0.1) is 0 Å². The molecule has 0 saturated heterocycles. The SMILES string of the molecule is CCCCCCCCc1cc(N=C(C)C(CC)=Nc2cc(CCCC)c(CCCC)c(CCCCCCCC)c2)cc(CCCC)c1CCCC.C[CH2][Ni][CH2]C. The van der Waals surface area contributed by atoms with Crippen molar-refractivity contribution in [1.82, 2.24) is 0 Å². The molecule has 0 aliphatic heterocycles. The fourth-order valence-electron chi connectivity index (χ4n) is 7.84. The van der Waals surface area contributed by atoms with Crippen LogP contribution in [0.3, 0.4) is 0 Å². The Morgan fingerprint density at radius 3 is 1.05 bits per heavy atom. The molecule has 3 heteroatoms. The van der Waals surface area contributed by atoms with Crippen molar-refractivity contribution in [2.45, 2.75) is 253 Å². The van der Waals surface area contributed by atoms with Crippen LogP contribution in [0.4, 0.5) is 11.4 Å². The molecule has 324 valence electrons. The monoisotopic (exact) mass is 815 g/mol. The van der Waals surface area contributed by atoms with E-state index in [-0.39, 0.29) is 0 Å². The number of benzene rings is 2. The van der Waals surface area contributed by atoms with Gasteiger partial charge in [0.05, 0.1) is 22.8 Å². The fourth-order valence-corrected chi connectivity index (χ4v) is 8.34. The molecule has 2 aromatic rings. The predicted octanol–water partition coefficient (Wildman–Crippen LogP) is 18.1. The summed E-state index contributed by atoms with van der Waals surface area (Å²) < 4.78 is 0. The standard InChI is InChI=1S/C49H82N2.2C2H5.Ni/c1-9-16-22-24-26-28-32-43-37-45(36-41(30-18-11-3)47(43)34-20-13-5)50-40(8)49(15-7)51-46-38-42(31-19-12-4)48(35-21-14-6)44(39-46)33-29-27-25-23-17-10-2;2*1-2;/h36-39H,9-35H2,1-8H3;2*1H2,2H3;. The molecule has 0 unspecified atom stereocenters. The van der Waals surface area contributed by atoms with Crippen LogP contribution in [0.25, 0.3) is 0 Å². The number of rotatable bonds is 32. The van der Waals surface area contributed by atoms with Crippen LogP contribution in [0.1, 0.15) is 237 Å². The predicted molar refractivity (Wildman–Crippen MR) is 253 cm³/mol. The van der Waals surface area contributed by atoms with E-state index in [0.29, 0.717) is 0 Å². The number of aliphatic imine (C=N–C) groups is 2. The Morgan fingerprint density at radius 1 is 0.393 bits per heavy atom. The van der Waals surface area contributed by atoms with Crippen LogP contribution in [-0.4, -0.2) is 11.4 Å². The zero-order valence-corrected chi connectivity index (χ0v) is 40.0. The van der Waals surface area contributed by atoms with Gasteiger partial charge in [-0.05, 0) is 148 Å². The summed E-state index contributed by atoms with van der Waals surface area (Å²) >= 11 is 1.82. The molecule has 0 N–H and O–H groups in total. The molecule has 0 atom stereocenters. The second-order valence-electron chi connectivity index (χ2n) is 16.1. The Balaban J connectivity index is 0.00000293. The summed E-state index contributed by atoms with van der Waals surface area (Å²) in [7, 11) is 0. The van der Waals surface area contributed by atoms with E-state index in [4.69, 9.17) is 9.98 Å². The zero-order chi connectivity index (χ0) is 41.2. The number of aryl methyl sites for hydroxylation is 4. The maximum absolute atomic E-state index is 5.42.